The molecule has 0 radical (unpaired) electrons. The Morgan fingerprint density at radius 3 is 2.76 bits per heavy atom. The molecular formula is C12H19NO3S. The maximum absolute atomic E-state index is 10.8. The van der Waals surface area contributed by atoms with Crippen LogP contribution in [0.5, 0.6) is 0 Å². The third-order valence-electron chi connectivity index (χ3n) is 2.81. The topological polar surface area (TPSA) is 53.7 Å². The minimum atomic E-state index is -1.01. The van der Waals surface area contributed by atoms with Gasteiger partial charge < -0.3 is 9.52 Å². The molecular weight excluding hydrogens is 238 g/mol. The lowest BCUT2D eigenvalue weighted by Gasteiger charge is -2.23. The molecule has 1 atom stereocenters. The van der Waals surface area contributed by atoms with Crippen LogP contribution in [-0.2, 0) is 6.54 Å². The van der Waals surface area contributed by atoms with Crippen molar-refractivity contribution in [3.05, 3.63) is 23.2 Å². The number of rotatable bonds is 6. The highest BCUT2D eigenvalue weighted by molar-refractivity contribution is 7.98. The van der Waals surface area contributed by atoms with E-state index in [4.69, 9.17) is 9.52 Å². The Labute approximate surface area is 106 Å². The van der Waals surface area contributed by atoms with E-state index in [2.05, 4.69) is 18.1 Å². The standard InChI is InChI=1S/C12H19NO3S/c1-8(7-17-4)13(3)6-10-5-11(12(14)15)16-9(10)2/h5,8H,6-7H2,1-4H3,(H,14,15). The van der Waals surface area contributed by atoms with Gasteiger partial charge >= 0.3 is 5.97 Å². The predicted molar refractivity (Wildman–Crippen MR) is 69.7 cm³/mol. The van der Waals surface area contributed by atoms with Gasteiger partial charge in [-0.15, -0.1) is 0 Å². The summed E-state index contributed by atoms with van der Waals surface area (Å²) in [5, 5.41) is 8.84. The zero-order valence-corrected chi connectivity index (χ0v) is 11.5. The zero-order chi connectivity index (χ0) is 13.0. The van der Waals surface area contributed by atoms with E-state index in [-0.39, 0.29) is 5.76 Å². The van der Waals surface area contributed by atoms with Crippen molar-refractivity contribution in [1.82, 2.24) is 4.90 Å². The third kappa shape index (κ3) is 3.78. The van der Waals surface area contributed by atoms with Crippen molar-refractivity contribution in [1.29, 1.82) is 0 Å². The van der Waals surface area contributed by atoms with E-state index in [0.717, 1.165) is 11.3 Å². The highest BCUT2D eigenvalue weighted by Gasteiger charge is 2.16. The SMILES string of the molecule is CSCC(C)N(C)Cc1cc(C(=O)O)oc1C. The number of carboxylic acids is 1. The molecule has 0 aliphatic rings. The van der Waals surface area contributed by atoms with Gasteiger partial charge in [0.15, 0.2) is 0 Å². The molecule has 0 fully saturated rings. The summed E-state index contributed by atoms with van der Waals surface area (Å²) in [6.45, 7) is 4.67. The normalized spacial score (nSPS) is 13.0. The molecule has 96 valence electrons. The third-order valence-corrected chi connectivity index (χ3v) is 3.63. The van der Waals surface area contributed by atoms with Gasteiger partial charge in [0, 0.05) is 23.9 Å². The molecule has 1 heterocycles. The highest BCUT2D eigenvalue weighted by atomic mass is 32.2. The van der Waals surface area contributed by atoms with Crippen LogP contribution in [-0.4, -0.2) is 41.1 Å². The molecule has 1 unspecified atom stereocenters. The molecule has 0 bridgehead atoms. The van der Waals surface area contributed by atoms with Crippen molar-refractivity contribution in [3.63, 3.8) is 0 Å². The van der Waals surface area contributed by atoms with Crippen molar-refractivity contribution in [2.45, 2.75) is 26.4 Å². The summed E-state index contributed by atoms with van der Waals surface area (Å²) in [5.74, 6) is 0.743. The van der Waals surface area contributed by atoms with Gasteiger partial charge in [-0.1, -0.05) is 0 Å². The Morgan fingerprint density at radius 2 is 2.29 bits per heavy atom. The number of nitrogens with zero attached hydrogens (tertiary/aromatic N) is 1. The molecule has 0 aromatic carbocycles. The second-order valence-electron chi connectivity index (χ2n) is 4.22. The van der Waals surface area contributed by atoms with E-state index in [1.54, 1.807) is 24.8 Å². The molecule has 1 rings (SSSR count). The van der Waals surface area contributed by atoms with Crippen LogP contribution in [0.2, 0.25) is 0 Å². The lowest BCUT2D eigenvalue weighted by Crippen LogP contribution is -2.30. The van der Waals surface area contributed by atoms with Crippen LogP contribution >= 0.6 is 11.8 Å². The van der Waals surface area contributed by atoms with Crippen LogP contribution in [0.1, 0.15) is 28.8 Å². The first-order valence-electron chi connectivity index (χ1n) is 5.47. The van der Waals surface area contributed by atoms with Crippen molar-refractivity contribution >= 4 is 17.7 Å². The molecule has 1 aromatic rings. The molecule has 4 nitrogen and oxygen atoms in total. The molecule has 0 amide bonds. The number of aryl methyl sites for hydroxylation is 1. The minimum Gasteiger partial charge on any atom is -0.475 e. The molecule has 0 saturated heterocycles. The first-order valence-corrected chi connectivity index (χ1v) is 6.86. The summed E-state index contributed by atoms with van der Waals surface area (Å²) in [6.07, 6.45) is 2.08. The number of aromatic carboxylic acids is 1. The second-order valence-corrected chi connectivity index (χ2v) is 5.13. The summed E-state index contributed by atoms with van der Waals surface area (Å²) in [6, 6.07) is 2.06. The molecule has 0 spiro atoms. The van der Waals surface area contributed by atoms with Gasteiger partial charge in [-0.3, -0.25) is 4.90 Å². The summed E-state index contributed by atoms with van der Waals surface area (Å²) in [5.41, 5.74) is 0.942. The van der Waals surface area contributed by atoms with Gasteiger partial charge in [-0.25, -0.2) is 4.79 Å². The van der Waals surface area contributed by atoms with Gasteiger partial charge in [0.25, 0.3) is 0 Å². The summed E-state index contributed by atoms with van der Waals surface area (Å²) in [4.78, 5) is 13.0. The van der Waals surface area contributed by atoms with E-state index >= 15 is 0 Å². The Balaban J connectivity index is 2.71. The first kappa shape index (κ1) is 14.1. The summed E-state index contributed by atoms with van der Waals surface area (Å²) in [7, 11) is 2.04. The van der Waals surface area contributed by atoms with E-state index in [0.29, 0.717) is 18.3 Å². The van der Waals surface area contributed by atoms with Crippen molar-refractivity contribution in [2.24, 2.45) is 0 Å². The second kappa shape index (κ2) is 6.12. The molecule has 0 aliphatic heterocycles. The lowest BCUT2D eigenvalue weighted by atomic mass is 10.2. The molecule has 5 heteroatoms. The van der Waals surface area contributed by atoms with Gasteiger partial charge in [-0.2, -0.15) is 11.8 Å². The maximum atomic E-state index is 10.8. The zero-order valence-electron chi connectivity index (χ0n) is 10.7. The highest BCUT2D eigenvalue weighted by Crippen LogP contribution is 2.17. The van der Waals surface area contributed by atoms with Crippen LogP contribution in [0, 0.1) is 6.92 Å². The van der Waals surface area contributed by atoms with Crippen LogP contribution in [0.4, 0.5) is 0 Å². The quantitative estimate of drug-likeness (QED) is 0.848. The maximum Gasteiger partial charge on any atom is 0.371 e. The van der Waals surface area contributed by atoms with Crippen molar-refractivity contribution < 1.29 is 14.3 Å². The van der Waals surface area contributed by atoms with Gasteiger partial charge in [-0.05, 0) is 33.2 Å². The van der Waals surface area contributed by atoms with Gasteiger partial charge in [0.1, 0.15) is 5.76 Å². The Hall–Kier alpha value is -0.940. The average Bonchev–Trinajstić information content (AvgIpc) is 2.61. The van der Waals surface area contributed by atoms with Crippen LogP contribution in [0.25, 0.3) is 0 Å². The van der Waals surface area contributed by atoms with E-state index in [1.807, 2.05) is 7.05 Å². The molecule has 1 aromatic heterocycles. The van der Waals surface area contributed by atoms with E-state index < -0.39 is 5.97 Å². The molecule has 17 heavy (non-hydrogen) atoms. The predicted octanol–water partition coefficient (Wildman–Crippen LogP) is 2.47. The Morgan fingerprint density at radius 1 is 1.65 bits per heavy atom. The number of furan rings is 1. The van der Waals surface area contributed by atoms with Crippen LogP contribution in [0.3, 0.4) is 0 Å². The van der Waals surface area contributed by atoms with Crippen molar-refractivity contribution in [2.75, 3.05) is 19.1 Å². The summed E-state index contributed by atoms with van der Waals surface area (Å²) >= 11 is 1.80. The number of hydrogen-bond donors (Lipinski definition) is 1. The Kier molecular flexibility index (Phi) is 5.08. The van der Waals surface area contributed by atoms with Gasteiger partial charge in [0.2, 0.25) is 5.76 Å². The van der Waals surface area contributed by atoms with E-state index in [1.165, 1.54) is 0 Å². The fraction of sp³-hybridized carbons (Fsp3) is 0.583. The fourth-order valence-corrected chi connectivity index (χ4v) is 2.31. The first-order chi connectivity index (χ1) is 7.95. The molecule has 1 N–H and O–H groups in total. The smallest absolute Gasteiger partial charge is 0.371 e. The monoisotopic (exact) mass is 257 g/mol. The number of carboxylic acid groups (broad SMARTS) is 1. The largest absolute Gasteiger partial charge is 0.475 e. The average molecular weight is 257 g/mol. The van der Waals surface area contributed by atoms with E-state index in [9.17, 15) is 4.79 Å². The number of thioether (sulfide) groups is 1. The number of carbonyl (C=O) groups is 1. The molecule has 0 saturated carbocycles. The number of hydrogen-bond acceptors (Lipinski definition) is 4. The minimum absolute atomic E-state index is 0.0171. The fourth-order valence-electron chi connectivity index (χ4n) is 1.58. The summed E-state index contributed by atoms with van der Waals surface area (Å²) < 4.78 is 5.19. The lowest BCUT2D eigenvalue weighted by molar-refractivity contribution is 0.0661. The Bertz CT molecular complexity index is 389. The van der Waals surface area contributed by atoms with Gasteiger partial charge in [0.05, 0.1) is 0 Å². The van der Waals surface area contributed by atoms with Crippen LogP contribution in [0.15, 0.2) is 10.5 Å². The van der Waals surface area contributed by atoms with Crippen molar-refractivity contribution in [3.8, 4) is 0 Å². The molecule has 0 aliphatic carbocycles. The van der Waals surface area contributed by atoms with Crippen LogP contribution < -0.4 is 0 Å².